The third-order valence-corrected chi connectivity index (χ3v) is 7.15. The van der Waals surface area contributed by atoms with E-state index in [4.69, 9.17) is 0 Å². The number of amides is 1. The molecule has 35 heavy (non-hydrogen) atoms. The number of nitriles is 1. The summed E-state index contributed by atoms with van der Waals surface area (Å²) in [5, 5.41) is 25.9. The number of hydrogen-bond acceptors (Lipinski definition) is 5. The summed E-state index contributed by atoms with van der Waals surface area (Å²) in [5.41, 5.74) is -1.23. The smallest absolute Gasteiger partial charge is 0.407 e. The molecular weight excluding hydrogens is 499 g/mol. The van der Waals surface area contributed by atoms with Crippen molar-refractivity contribution < 1.29 is 29.3 Å². The highest BCUT2D eigenvalue weighted by atomic mass is 32.5. The van der Waals surface area contributed by atoms with Gasteiger partial charge in [0.2, 0.25) is 0 Å². The molecule has 1 fully saturated rings. The van der Waals surface area contributed by atoms with Gasteiger partial charge in [-0.3, -0.25) is 9.48 Å². The number of pyridine rings is 1. The van der Waals surface area contributed by atoms with E-state index in [0.29, 0.717) is 5.52 Å². The number of aromatic amines is 1. The summed E-state index contributed by atoms with van der Waals surface area (Å²) in [5.74, 6) is -0.0556. The maximum atomic E-state index is 13.0. The van der Waals surface area contributed by atoms with E-state index in [-0.39, 0.29) is 61.4 Å². The van der Waals surface area contributed by atoms with Gasteiger partial charge < -0.3 is 20.3 Å². The van der Waals surface area contributed by atoms with Crippen LogP contribution in [0.3, 0.4) is 0 Å². The predicted molar refractivity (Wildman–Crippen MR) is 119 cm³/mol. The van der Waals surface area contributed by atoms with Crippen molar-refractivity contribution in [2.75, 3.05) is 18.4 Å². The van der Waals surface area contributed by atoms with E-state index in [2.05, 4.69) is 21.5 Å². The third kappa shape index (κ3) is 4.61. The molecule has 1 amide bonds. The zero-order valence-electron chi connectivity index (χ0n) is 17.9. The number of H-pyrrole nitrogens is 1. The fourth-order valence-corrected chi connectivity index (χ4v) is 4.83. The summed E-state index contributed by atoms with van der Waals surface area (Å²) >= 11 is 0. The van der Waals surface area contributed by atoms with E-state index in [9.17, 15) is 39.4 Å². The van der Waals surface area contributed by atoms with Crippen LogP contribution in [-0.2, 0) is 5.54 Å². The molecule has 0 atom stereocenters. The Morgan fingerprint density at radius 3 is 2.34 bits per heavy atom. The van der Waals surface area contributed by atoms with E-state index < -0.39 is 32.3 Å². The highest BCUT2D eigenvalue weighted by molar-refractivity contribution is 8.45. The van der Waals surface area contributed by atoms with Gasteiger partial charge in [0.05, 0.1) is 23.5 Å². The van der Waals surface area contributed by atoms with Crippen molar-refractivity contribution >= 4 is 38.7 Å². The molecule has 0 saturated carbocycles. The molecule has 3 N–H and O–H groups in total. The number of aromatic nitrogens is 3. The minimum absolute atomic E-state index is 0.0274. The van der Waals surface area contributed by atoms with Crippen LogP contribution in [0.25, 0.3) is 10.9 Å². The molecule has 0 bridgehead atoms. The summed E-state index contributed by atoms with van der Waals surface area (Å²) in [7, 11) is -9.84. The highest BCUT2D eigenvalue weighted by Crippen LogP contribution is 3.02. The lowest BCUT2D eigenvalue weighted by atomic mass is 9.85. The fourth-order valence-electron chi connectivity index (χ4n) is 4.18. The van der Waals surface area contributed by atoms with Gasteiger partial charge in [0.1, 0.15) is 10.3 Å². The van der Waals surface area contributed by atoms with Gasteiger partial charge in [-0.25, -0.2) is 4.79 Å². The van der Waals surface area contributed by atoms with Gasteiger partial charge in [0.15, 0.2) is 5.82 Å². The van der Waals surface area contributed by atoms with Gasteiger partial charge in [-0.1, -0.05) is 19.4 Å². The van der Waals surface area contributed by atoms with Gasteiger partial charge in [0.25, 0.3) is 5.56 Å². The molecule has 3 heterocycles. The molecular formula is C20H19F5N6O3S. The van der Waals surface area contributed by atoms with E-state index in [1.807, 2.05) is 0 Å². The van der Waals surface area contributed by atoms with Crippen LogP contribution in [-0.4, -0.2) is 44.0 Å². The van der Waals surface area contributed by atoms with E-state index >= 15 is 0 Å². The first-order chi connectivity index (χ1) is 16.1. The van der Waals surface area contributed by atoms with Crippen molar-refractivity contribution in [1.82, 2.24) is 19.7 Å². The largest absolute Gasteiger partial charge is 0.465 e. The molecule has 188 valence electrons. The zero-order chi connectivity index (χ0) is 25.7. The first-order valence-corrected chi connectivity index (χ1v) is 12.2. The summed E-state index contributed by atoms with van der Waals surface area (Å²) in [6, 6.07) is 5.69. The molecule has 2 aromatic heterocycles. The SMILES string of the molecule is N#CCC1(n2nc(Nc3ccc(S(F)(F)(F)(F)F)cc3)c3c(=O)[nH]ccc32)CCN(C(=O)O)CC1. The molecule has 0 spiro atoms. The zero-order valence-corrected chi connectivity index (χ0v) is 18.7. The van der Waals surface area contributed by atoms with Crippen LogP contribution in [0.15, 0.2) is 46.2 Å². The summed E-state index contributed by atoms with van der Waals surface area (Å²) in [6.07, 6.45) is 0.683. The number of rotatable bonds is 5. The van der Waals surface area contributed by atoms with Crippen LogP contribution in [0.2, 0.25) is 0 Å². The average Bonchev–Trinajstić information content (AvgIpc) is 3.13. The second-order valence-electron chi connectivity index (χ2n) is 8.27. The van der Waals surface area contributed by atoms with Crippen LogP contribution in [0.1, 0.15) is 19.3 Å². The highest BCUT2D eigenvalue weighted by Gasteiger charge is 2.65. The van der Waals surface area contributed by atoms with Crippen molar-refractivity contribution in [3.63, 3.8) is 0 Å². The number of carboxylic acid groups (broad SMARTS) is 1. The summed E-state index contributed by atoms with van der Waals surface area (Å²) < 4.78 is 66.6. The van der Waals surface area contributed by atoms with Crippen LogP contribution >= 0.6 is 10.2 Å². The van der Waals surface area contributed by atoms with Gasteiger partial charge in [0, 0.05) is 25.0 Å². The Labute approximate surface area is 194 Å². The molecule has 15 heteroatoms. The maximum absolute atomic E-state index is 13.0. The number of anilines is 2. The van der Waals surface area contributed by atoms with E-state index in [1.54, 1.807) is 0 Å². The number of benzene rings is 1. The summed E-state index contributed by atoms with van der Waals surface area (Å²) in [6.45, 7) is 0.250. The molecule has 1 aliphatic rings. The molecule has 1 aliphatic heterocycles. The molecule has 0 aliphatic carbocycles. The molecule has 0 radical (unpaired) electrons. The van der Waals surface area contributed by atoms with Gasteiger partial charge in [-0.15, -0.1) is 0 Å². The van der Waals surface area contributed by atoms with Gasteiger partial charge in [-0.05, 0) is 43.2 Å². The van der Waals surface area contributed by atoms with Crippen molar-refractivity contribution in [3.05, 3.63) is 46.9 Å². The van der Waals surface area contributed by atoms with Crippen molar-refractivity contribution in [3.8, 4) is 6.07 Å². The Morgan fingerprint density at radius 1 is 1.17 bits per heavy atom. The number of nitrogens with zero attached hydrogens (tertiary/aromatic N) is 4. The van der Waals surface area contributed by atoms with Crippen LogP contribution < -0.4 is 10.9 Å². The minimum atomic E-state index is -9.84. The second kappa shape index (κ2) is 7.35. The first-order valence-electron chi connectivity index (χ1n) is 10.2. The lowest BCUT2D eigenvalue weighted by Crippen LogP contribution is -2.48. The average molecular weight is 518 g/mol. The monoisotopic (exact) mass is 518 g/mol. The number of halogens is 5. The van der Waals surface area contributed by atoms with Crippen molar-refractivity contribution in [2.45, 2.75) is 29.7 Å². The number of hydrogen-bond donors (Lipinski definition) is 3. The quantitative estimate of drug-likeness (QED) is 0.383. The number of piperidine rings is 1. The number of likely N-dealkylation sites (tertiary alicyclic amines) is 1. The predicted octanol–water partition coefficient (Wildman–Crippen LogP) is 5.51. The topological polar surface area (TPSA) is 127 Å². The lowest BCUT2D eigenvalue weighted by molar-refractivity contribution is 0.0912. The Balaban J connectivity index is 1.77. The maximum Gasteiger partial charge on any atom is 0.407 e. The Kier molecular flexibility index (Phi) is 5.11. The minimum Gasteiger partial charge on any atom is -0.465 e. The van der Waals surface area contributed by atoms with Crippen LogP contribution in [0, 0.1) is 11.3 Å². The van der Waals surface area contributed by atoms with Crippen LogP contribution in [0.5, 0.6) is 0 Å². The number of nitrogens with one attached hydrogen (secondary N) is 2. The lowest BCUT2D eigenvalue weighted by Gasteiger charge is -2.40. The second-order valence-corrected chi connectivity index (χ2v) is 10.7. The Hall–Kier alpha value is -3.80. The van der Waals surface area contributed by atoms with E-state index in [1.165, 1.54) is 21.8 Å². The standard InChI is InChI=1S/C20H19F5N6O3S/c21-35(22,23,24,25)14-3-1-13(2-4-14)28-17-16-15(5-10-27-18(16)32)31(29-17)20(6-9-26)7-11-30(12-8-20)19(33)34/h1-5,10H,6-8,11-12H2,(H,27,32)(H,28,29)(H,33,34). The summed E-state index contributed by atoms with van der Waals surface area (Å²) in [4.78, 5) is 25.6. The number of carbonyl (C=O) groups is 1. The molecule has 1 saturated heterocycles. The molecule has 4 rings (SSSR count). The molecule has 3 aromatic rings. The molecule has 1 aromatic carbocycles. The van der Waals surface area contributed by atoms with E-state index in [0.717, 1.165) is 12.1 Å². The van der Waals surface area contributed by atoms with Gasteiger partial charge in [-0.2, -0.15) is 10.4 Å². The number of fused-ring (bicyclic) bond motifs is 1. The van der Waals surface area contributed by atoms with Gasteiger partial charge >= 0.3 is 16.3 Å². The Bertz CT molecular complexity index is 1410. The molecule has 0 unspecified atom stereocenters. The molecule has 9 nitrogen and oxygen atoms in total. The normalized spacial score (nSPS) is 17.9. The Morgan fingerprint density at radius 2 is 1.80 bits per heavy atom. The van der Waals surface area contributed by atoms with Crippen LogP contribution in [0.4, 0.5) is 35.7 Å². The third-order valence-electron chi connectivity index (χ3n) is 5.99. The fraction of sp³-hybridized carbons (Fsp3) is 0.300. The first kappa shape index (κ1) is 24.3. The van der Waals surface area contributed by atoms with Crippen molar-refractivity contribution in [1.29, 1.82) is 5.26 Å². The van der Waals surface area contributed by atoms with Crippen molar-refractivity contribution in [2.24, 2.45) is 0 Å².